The Hall–Kier alpha value is -3.29. The van der Waals surface area contributed by atoms with Crippen LogP contribution in [-0.2, 0) is 16.6 Å². The summed E-state index contributed by atoms with van der Waals surface area (Å²) in [7, 11) is -3.70. The highest BCUT2D eigenvalue weighted by Crippen LogP contribution is 2.33. The Morgan fingerprint density at radius 3 is 2.55 bits per heavy atom. The standard InChI is InChI=1S/C19H17N5O3S2/c1-13-17(18(25)23-29(2,26)27)22-19(28-13)24(12-15-5-3-4-10-21-15)16-8-6-14(11-20)7-9-16/h3-10H,12H2,1-2H3,(H,23,25). The molecule has 0 fully saturated rings. The van der Waals surface area contributed by atoms with Crippen molar-refractivity contribution in [3.8, 4) is 6.07 Å². The highest BCUT2D eigenvalue weighted by molar-refractivity contribution is 7.89. The molecule has 0 saturated carbocycles. The van der Waals surface area contributed by atoms with Crippen molar-refractivity contribution >= 4 is 38.1 Å². The summed E-state index contributed by atoms with van der Waals surface area (Å²) in [4.78, 5) is 23.5. The number of hydrogen-bond donors (Lipinski definition) is 1. The molecule has 3 aromatic rings. The molecule has 0 aliphatic heterocycles. The number of aryl methyl sites for hydroxylation is 1. The third kappa shape index (κ3) is 5.16. The van der Waals surface area contributed by atoms with Crippen LogP contribution in [0.3, 0.4) is 0 Å². The molecule has 0 spiro atoms. The van der Waals surface area contributed by atoms with Gasteiger partial charge < -0.3 is 4.90 Å². The predicted octanol–water partition coefficient (Wildman–Crippen LogP) is 2.75. The summed E-state index contributed by atoms with van der Waals surface area (Å²) in [5, 5.41) is 9.55. The van der Waals surface area contributed by atoms with E-state index in [1.54, 1.807) is 37.4 Å². The number of carbonyl (C=O) groups excluding carboxylic acids is 1. The number of thiazole rings is 1. The maximum absolute atomic E-state index is 12.3. The molecule has 2 aromatic heterocycles. The van der Waals surface area contributed by atoms with Gasteiger partial charge in [0.2, 0.25) is 10.0 Å². The first-order chi connectivity index (χ1) is 13.8. The molecule has 10 heteroatoms. The molecule has 0 unspecified atom stereocenters. The average molecular weight is 428 g/mol. The van der Waals surface area contributed by atoms with Gasteiger partial charge in [-0.15, -0.1) is 11.3 Å². The Labute approximate surface area is 172 Å². The Kier molecular flexibility index (Phi) is 5.91. The van der Waals surface area contributed by atoms with Gasteiger partial charge in [0.25, 0.3) is 5.91 Å². The van der Waals surface area contributed by atoms with E-state index in [4.69, 9.17) is 5.26 Å². The zero-order valence-electron chi connectivity index (χ0n) is 15.7. The lowest BCUT2D eigenvalue weighted by atomic mass is 10.2. The van der Waals surface area contributed by atoms with E-state index < -0.39 is 15.9 Å². The third-order valence-electron chi connectivity index (χ3n) is 3.86. The average Bonchev–Trinajstić information content (AvgIpc) is 3.07. The largest absolute Gasteiger partial charge is 0.312 e. The summed E-state index contributed by atoms with van der Waals surface area (Å²) in [6, 6.07) is 14.6. The maximum Gasteiger partial charge on any atom is 0.284 e. The Balaban J connectivity index is 2.00. The summed E-state index contributed by atoms with van der Waals surface area (Å²) in [5.74, 6) is -0.773. The summed E-state index contributed by atoms with van der Waals surface area (Å²) >= 11 is 1.27. The monoisotopic (exact) mass is 427 g/mol. The number of nitrogens with zero attached hydrogens (tertiary/aromatic N) is 4. The summed E-state index contributed by atoms with van der Waals surface area (Å²) < 4.78 is 24.7. The van der Waals surface area contributed by atoms with E-state index in [-0.39, 0.29) is 5.69 Å². The number of anilines is 2. The van der Waals surface area contributed by atoms with Gasteiger partial charge >= 0.3 is 0 Å². The Bertz CT molecular complexity index is 1170. The fourth-order valence-electron chi connectivity index (χ4n) is 2.56. The minimum atomic E-state index is -3.70. The van der Waals surface area contributed by atoms with Crippen LogP contribution in [0.4, 0.5) is 10.8 Å². The molecule has 8 nitrogen and oxygen atoms in total. The van der Waals surface area contributed by atoms with Crippen LogP contribution in [0.25, 0.3) is 0 Å². The van der Waals surface area contributed by atoms with Crippen molar-refractivity contribution in [2.45, 2.75) is 13.5 Å². The second kappa shape index (κ2) is 8.38. The van der Waals surface area contributed by atoms with Crippen molar-refractivity contribution in [1.29, 1.82) is 5.26 Å². The number of benzene rings is 1. The van der Waals surface area contributed by atoms with Crippen molar-refractivity contribution in [3.05, 3.63) is 70.5 Å². The first kappa shape index (κ1) is 20.4. The number of hydrogen-bond acceptors (Lipinski definition) is 8. The zero-order valence-corrected chi connectivity index (χ0v) is 17.3. The first-order valence-electron chi connectivity index (χ1n) is 8.44. The molecule has 1 aromatic carbocycles. The van der Waals surface area contributed by atoms with Gasteiger partial charge in [0.05, 0.1) is 30.1 Å². The lowest BCUT2D eigenvalue weighted by molar-refractivity contribution is 0.0977. The molecule has 0 aliphatic rings. The molecule has 3 rings (SSSR count). The minimum Gasteiger partial charge on any atom is -0.312 e. The summed E-state index contributed by atoms with van der Waals surface area (Å²) in [6.07, 6.45) is 2.60. The molecule has 1 amide bonds. The van der Waals surface area contributed by atoms with E-state index in [0.29, 0.717) is 22.1 Å². The highest BCUT2D eigenvalue weighted by atomic mass is 32.2. The second-order valence-electron chi connectivity index (χ2n) is 6.17. The molecular formula is C19H17N5O3S2. The first-order valence-corrected chi connectivity index (χ1v) is 11.1. The fourth-order valence-corrected chi connectivity index (χ4v) is 3.92. The van der Waals surface area contributed by atoms with E-state index >= 15 is 0 Å². The molecule has 29 heavy (non-hydrogen) atoms. The van der Waals surface area contributed by atoms with Crippen molar-refractivity contribution in [2.75, 3.05) is 11.2 Å². The Morgan fingerprint density at radius 2 is 1.97 bits per heavy atom. The number of sulfonamides is 1. The fraction of sp³-hybridized carbons (Fsp3) is 0.158. The van der Waals surface area contributed by atoms with Gasteiger partial charge in [-0.2, -0.15) is 5.26 Å². The van der Waals surface area contributed by atoms with Crippen LogP contribution >= 0.6 is 11.3 Å². The normalized spacial score (nSPS) is 10.9. The van der Waals surface area contributed by atoms with Crippen LogP contribution in [0.2, 0.25) is 0 Å². The molecule has 1 N–H and O–H groups in total. The minimum absolute atomic E-state index is 0.0510. The van der Waals surface area contributed by atoms with E-state index in [0.717, 1.165) is 17.6 Å². The van der Waals surface area contributed by atoms with E-state index in [1.165, 1.54) is 11.3 Å². The highest BCUT2D eigenvalue weighted by Gasteiger charge is 2.22. The van der Waals surface area contributed by atoms with Gasteiger partial charge in [-0.3, -0.25) is 9.78 Å². The van der Waals surface area contributed by atoms with Crippen LogP contribution < -0.4 is 9.62 Å². The maximum atomic E-state index is 12.3. The van der Waals surface area contributed by atoms with Crippen molar-refractivity contribution in [1.82, 2.24) is 14.7 Å². The SMILES string of the molecule is Cc1sc(N(Cc2ccccn2)c2ccc(C#N)cc2)nc1C(=O)NS(C)(=O)=O. The summed E-state index contributed by atoms with van der Waals surface area (Å²) in [6.45, 7) is 2.09. The molecule has 148 valence electrons. The number of nitrogens with one attached hydrogen (secondary N) is 1. The predicted molar refractivity (Wildman–Crippen MR) is 110 cm³/mol. The van der Waals surface area contributed by atoms with Gasteiger partial charge in [0.15, 0.2) is 5.13 Å². The van der Waals surface area contributed by atoms with Gasteiger partial charge in [-0.05, 0) is 43.3 Å². The smallest absolute Gasteiger partial charge is 0.284 e. The number of carbonyl (C=O) groups is 1. The number of aromatic nitrogens is 2. The molecule has 0 saturated heterocycles. The van der Waals surface area contributed by atoms with Gasteiger partial charge in [0.1, 0.15) is 5.69 Å². The molecule has 0 radical (unpaired) electrons. The van der Waals surface area contributed by atoms with Crippen LogP contribution in [0.1, 0.15) is 26.6 Å². The molecule has 0 aliphatic carbocycles. The molecule has 0 atom stereocenters. The van der Waals surface area contributed by atoms with Crippen molar-refractivity contribution in [3.63, 3.8) is 0 Å². The van der Waals surface area contributed by atoms with Gasteiger partial charge in [-0.25, -0.2) is 18.1 Å². The van der Waals surface area contributed by atoms with Crippen LogP contribution in [0, 0.1) is 18.3 Å². The van der Waals surface area contributed by atoms with E-state index in [9.17, 15) is 13.2 Å². The van der Waals surface area contributed by atoms with Crippen LogP contribution in [0.5, 0.6) is 0 Å². The van der Waals surface area contributed by atoms with Crippen LogP contribution in [-0.4, -0.2) is 30.5 Å². The lowest BCUT2D eigenvalue weighted by Gasteiger charge is -2.21. The third-order valence-corrected chi connectivity index (χ3v) is 5.41. The van der Waals surface area contributed by atoms with E-state index in [2.05, 4.69) is 16.0 Å². The van der Waals surface area contributed by atoms with Crippen molar-refractivity contribution in [2.24, 2.45) is 0 Å². The number of nitriles is 1. The lowest BCUT2D eigenvalue weighted by Crippen LogP contribution is -2.30. The van der Waals surface area contributed by atoms with Crippen LogP contribution in [0.15, 0.2) is 48.7 Å². The Morgan fingerprint density at radius 1 is 1.24 bits per heavy atom. The van der Waals surface area contributed by atoms with Crippen molar-refractivity contribution < 1.29 is 13.2 Å². The molecule has 0 bridgehead atoms. The number of pyridine rings is 1. The van der Waals surface area contributed by atoms with E-state index in [1.807, 2.05) is 27.8 Å². The van der Waals surface area contributed by atoms with Gasteiger partial charge in [0, 0.05) is 16.8 Å². The summed E-state index contributed by atoms with van der Waals surface area (Å²) in [5.41, 5.74) is 2.12. The zero-order chi connectivity index (χ0) is 21.0. The molecule has 2 heterocycles. The van der Waals surface area contributed by atoms with Gasteiger partial charge in [-0.1, -0.05) is 6.07 Å². The topological polar surface area (TPSA) is 116 Å². The number of amides is 1. The second-order valence-corrected chi connectivity index (χ2v) is 9.10. The number of rotatable bonds is 6. The molecular weight excluding hydrogens is 410 g/mol. The quantitative estimate of drug-likeness (QED) is 0.643.